The first kappa shape index (κ1) is 34.6. The maximum absolute atomic E-state index is 14.5. The van der Waals surface area contributed by atoms with Crippen LogP contribution >= 0.6 is 0 Å². The highest BCUT2D eigenvalue weighted by Gasteiger charge is 2.32. The number of amides is 3. The number of benzene rings is 3. The van der Waals surface area contributed by atoms with E-state index in [1.165, 1.54) is 14.4 Å². The lowest BCUT2D eigenvalue weighted by molar-refractivity contribution is 0.0989. The highest BCUT2D eigenvalue weighted by molar-refractivity contribution is 7.90. The van der Waals surface area contributed by atoms with Crippen LogP contribution in [-0.2, 0) is 16.6 Å². The molecule has 272 valence electrons. The number of fused-ring (bicyclic) bond motifs is 2. The Morgan fingerprint density at radius 3 is 2.47 bits per heavy atom. The average molecular weight is 732 g/mol. The van der Waals surface area contributed by atoms with E-state index < -0.39 is 10.0 Å². The number of carbonyl (C=O) groups excluding carboxylic acids is 2. The van der Waals surface area contributed by atoms with Gasteiger partial charge < -0.3 is 24.5 Å². The Labute approximate surface area is 308 Å². The molecular formula is C41H41N5O6S. The van der Waals surface area contributed by atoms with Crippen LogP contribution in [0, 0.1) is 6.92 Å². The van der Waals surface area contributed by atoms with Crippen LogP contribution in [0.4, 0.5) is 10.5 Å². The first-order valence-electron chi connectivity index (χ1n) is 17.9. The van der Waals surface area contributed by atoms with Crippen LogP contribution in [0.2, 0.25) is 0 Å². The van der Waals surface area contributed by atoms with Gasteiger partial charge >= 0.3 is 6.03 Å². The average Bonchev–Trinajstić information content (AvgIpc) is 3.96. The predicted molar refractivity (Wildman–Crippen MR) is 204 cm³/mol. The van der Waals surface area contributed by atoms with Crippen LogP contribution < -0.4 is 9.64 Å². The van der Waals surface area contributed by atoms with Crippen LogP contribution in [0.3, 0.4) is 0 Å². The van der Waals surface area contributed by atoms with Crippen LogP contribution in [0.1, 0.15) is 57.9 Å². The largest absolute Gasteiger partial charge is 0.491 e. The van der Waals surface area contributed by atoms with Crippen molar-refractivity contribution in [2.45, 2.75) is 43.6 Å². The molecule has 0 atom stereocenters. The van der Waals surface area contributed by atoms with Gasteiger partial charge in [0.1, 0.15) is 12.4 Å². The number of urea groups is 1. The predicted octanol–water partition coefficient (Wildman–Crippen LogP) is 6.43. The fraction of sp³-hybridized carbons (Fsp3) is 0.293. The summed E-state index contributed by atoms with van der Waals surface area (Å²) in [6.45, 7) is 2.85. The first-order valence-corrected chi connectivity index (χ1v) is 19.3. The molecule has 5 aromatic rings. The van der Waals surface area contributed by atoms with Gasteiger partial charge in [-0.05, 0) is 96.8 Å². The summed E-state index contributed by atoms with van der Waals surface area (Å²) in [7, 11) is -0.729. The lowest BCUT2D eigenvalue weighted by atomic mass is 9.95. The van der Waals surface area contributed by atoms with Gasteiger partial charge in [-0.3, -0.25) is 4.79 Å². The van der Waals surface area contributed by atoms with Gasteiger partial charge in [-0.15, -0.1) is 0 Å². The maximum atomic E-state index is 14.5. The topological polar surface area (TPSA) is 125 Å². The SMILES string of the molecule is Cc1ccc(S(=O)(=O)n2c(C3=CCN(C(=O)N(C)C)CC3)cc3c(-c4cccc(N5CCOc6cc(C7CC7)ccc6C5=O)c4CO)ccnc32)cc1. The highest BCUT2D eigenvalue weighted by atomic mass is 32.2. The lowest BCUT2D eigenvalue weighted by Gasteiger charge is -2.29. The van der Waals surface area contributed by atoms with E-state index in [4.69, 9.17) is 4.74 Å². The number of anilines is 1. The maximum Gasteiger partial charge on any atom is 0.319 e. The zero-order chi connectivity index (χ0) is 37.0. The van der Waals surface area contributed by atoms with E-state index in [1.807, 2.05) is 61.5 Å². The normalized spacial score (nSPS) is 16.2. The Morgan fingerprint density at radius 2 is 1.77 bits per heavy atom. The number of carbonyl (C=O) groups is 2. The van der Waals surface area contributed by atoms with Crippen molar-refractivity contribution < 1.29 is 27.9 Å². The highest BCUT2D eigenvalue weighted by Crippen LogP contribution is 2.43. The molecular weight excluding hydrogens is 691 g/mol. The molecule has 4 heterocycles. The number of rotatable bonds is 7. The molecule has 0 unspecified atom stereocenters. The number of aliphatic hydroxyl groups is 1. The fourth-order valence-corrected chi connectivity index (χ4v) is 8.92. The molecule has 1 fully saturated rings. The molecule has 3 aromatic carbocycles. The molecule has 8 rings (SSSR count). The van der Waals surface area contributed by atoms with E-state index in [1.54, 1.807) is 54.4 Å². The number of aromatic nitrogens is 2. The summed E-state index contributed by atoms with van der Waals surface area (Å²) in [4.78, 5) is 36.5. The minimum atomic E-state index is -4.14. The van der Waals surface area contributed by atoms with Gasteiger partial charge in [0.15, 0.2) is 5.65 Å². The van der Waals surface area contributed by atoms with Crippen molar-refractivity contribution in [3.8, 4) is 16.9 Å². The van der Waals surface area contributed by atoms with Crippen molar-refractivity contribution in [2.24, 2.45) is 0 Å². The second kappa shape index (κ2) is 13.5. The van der Waals surface area contributed by atoms with Gasteiger partial charge in [0.25, 0.3) is 15.9 Å². The molecule has 12 heteroatoms. The first-order chi connectivity index (χ1) is 25.6. The van der Waals surface area contributed by atoms with Crippen molar-refractivity contribution in [3.05, 3.63) is 113 Å². The van der Waals surface area contributed by atoms with Crippen LogP contribution in [-0.4, -0.2) is 84.6 Å². The number of aliphatic hydroxyl groups excluding tert-OH is 1. The third-order valence-corrected chi connectivity index (χ3v) is 12.1. The van der Waals surface area contributed by atoms with E-state index in [2.05, 4.69) is 4.98 Å². The second-order valence-electron chi connectivity index (χ2n) is 14.1. The van der Waals surface area contributed by atoms with Crippen molar-refractivity contribution in [3.63, 3.8) is 0 Å². The molecule has 1 saturated carbocycles. The van der Waals surface area contributed by atoms with Crippen LogP contribution in [0.5, 0.6) is 5.75 Å². The van der Waals surface area contributed by atoms with Gasteiger partial charge in [0, 0.05) is 44.3 Å². The summed E-state index contributed by atoms with van der Waals surface area (Å²) in [6.07, 6.45) is 6.20. The molecule has 0 spiro atoms. The zero-order valence-corrected chi connectivity index (χ0v) is 30.8. The molecule has 2 aromatic heterocycles. The van der Waals surface area contributed by atoms with E-state index in [0.29, 0.717) is 70.2 Å². The molecule has 2 aliphatic heterocycles. The monoisotopic (exact) mass is 731 g/mol. The zero-order valence-electron chi connectivity index (χ0n) is 29.9. The van der Waals surface area contributed by atoms with Crippen molar-refractivity contribution in [2.75, 3.05) is 45.2 Å². The fourth-order valence-electron chi connectivity index (χ4n) is 7.43. The number of hydrogen-bond donors (Lipinski definition) is 1. The third-order valence-electron chi connectivity index (χ3n) is 10.4. The summed E-state index contributed by atoms with van der Waals surface area (Å²) in [6, 6.07) is 21.6. The van der Waals surface area contributed by atoms with Crippen LogP contribution in [0.25, 0.3) is 27.7 Å². The minimum absolute atomic E-state index is 0.116. The Kier molecular flexibility index (Phi) is 8.82. The number of pyridine rings is 1. The Balaban J connectivity index is 1.26. The molecule has 0 radical (unpaired) electrons. The van der Waals surface area contributed by atoms with E-state index in [9.17, 15) is 23.1 Å². The smallest absolute Gasteiger partial charge is 0.319 e. The summed E-state index contributed by atoms with van der Waals surface area (Å²) in [5.74, 6) is 0.886. The number of hydrogen-bond acceptors (Lipinski definition) is 7. The van der Waals surface area contributed by atoms with E-state index in [0.717, 1.165) is 24.0 Å². The standard InChI is InChI=1S/C41H41N5O6S/c1-26-7-12-30(13-8-26)53(50,51)46-37(28-16-19-44(20-17-28)41(49)43(2)3)24-34-32(15-18-42-39(34)46)31-5-4-6-36(35(31)25-47)45-21-22-52-38-23-29(27-9-10-27)11-14-33(38)40(45)48/h4-8,11-16,18,23-24,27,47H,9-10,17,19-22,25H2,1-3H3. The number of aryl methyl sites for hydroxylation is 1. The van der Waals surface area contributed by atoms with Crippen molar-refractivity contribution in [1.82, 2.24) is 18.8 Å². The van der Waals surface area contributed by atoms with Gasteiger partial charge in [0.05, 0.1) is 35.0 Å². The molecule has 1 aliphatic carbocycles. The number of nitrogens with zero attached hydrogens (tertiary/aromatic N) is 5. The summed E-state index contributed by atoms with van der Waals surface area (Å²) >= 11 is 0. The van der Waals surface area contributed by atoms with Crippen molar-refractivity contribution >= 4 is 44.3 Å². The van der Waals surface area contributed by atoms with Gasteiger partial charge in [0.2, 0.25) is 0 Å². The third kappa shape index (κ3) is 6.15. The molecule has 53 heavy (non-hydrogen) atoms. The Morgan fingerprint density at radius 1 is 0.981 bits per heavy atom. The van der Waals surface area contributed by atoms with Crippen LogP contribution in [0.15, 0.2) is 90.0 Å². The van der Waals surface area contributed by atoms with E-state index in [-0.39, 0.29) is 42.2 Å². The molecule has 0 bridgehead atoms. The Bertz CT molecular complexity index is 2410. The lowest BCUT2D eigenvalue weighted by Crippen LogP contribution is -2.41. The van der Waals surface area contributed by atoms with Crippen molar-refractivity contribution in [1.29, 1.82) is 0 Å². The van der Waals surface area contributed by atoms with Gasteiger partial charge in [-0.25, -0.2) is 22.2 Å². The second-order valence-corrected chi connectivity index (χ2v) is 15.9. The summed E-state index contributed by atoms with van der Waals surface area (Å²) < 4.78 is 36.5. The number of ether oxygens (including phenoxy) is 1. The molecule has 3 aliphatic rings. The summed E-state index contributed by atoms with van der Waals surface area (Å²) in [5.41, 5.74) is 6.45. The summed E-state index contributed by atoms with van der Waals surface area (Å²) in [5, 5.41) is 11.5. The van der Waals surface area contributed by atoms with Gasteiger partial charge in [-0.1, -0.05) is 42.0 Å². The van der Waals surface area contributed by atoms with E-state index >= 15 is 0 Å². The molecule has 3 amide bonds. The quantitative estimate of drug-likeness (QED) is 0.205. The Hall–Kier alpha value is -5.46. The molecule has 11 nitrogen and oxygen atoms in total. The molecule has 0 saturated heterocycles. The van der Waals surface area contributed by atoms with Gasteiger partial charge in [-0.2, -0.15) is 0 Å². The minimum Gasteiger partial charge on any atom is -0.491 e. The molecule has 1 N–H and O–H groups in total.